The molecule has 1 amide bonds. The molecular formula is C27H26ClN3O2. The number of aromatic nitrogens is 2. The molecule has 168 valence electrons. The van der Waals surface area contributed by atoms with E-state index in [-0.39, 0.29) is 11.8 Å². The predicted molar refractivity (Wildman–Crippen MR) is 131 cm³/mol. The molecule has 1 saturated heterocycles. The number of amides is 1. The van der Waals surface area contributed by atoms with Crippen LogP contribution in [0.3, 0.4) is 0 Å². The van der Waals surface area contributed by atoms with Crippen molar-refractivity contribution in [3.8, 4) is 0 Å². The molecule has 1 aliphatic rings. The molecule has 1 aliphatic heterocycles. The lowest BCUT2D eigenvalue weighted by molar-refractivity contribution is -0.135. The van der Waals surface area contributed by atoms with Crippen LogP contribution in [0.4, 0.5) is 0 Å². The van der Waals surface area contributed by atoms with Crippen molar-refractivity contribution in [1.82, 2.24) is 14.5 Å². The molecule has 5 rings (SSSR count). The average molecular weight is 460 g/mol. The molecule has 1 atom stereocenters. The largest absolute Gasteiger partial charge is 0.378 e. The third kappa shape index (κ3) is 4.80. The number of benzene rings is 2. The number of ether oxygens (including phenoxy) is 1. The molecule has 4 aromatic rings. The van der Waals surface area contributed by atoms with Gasteiger partial charge in [-0.3, -0.25) is 4.79 Å². The molecule has 3 heterocycles. The van der Waals surface area contributed by atoms with E-state index in [4.69, 9.17) is 16.3 Å². The second-order valence-corrected chi connectivity index (χ2v) is 8.77. The number of hydrogen-bond donors (Lipinski definition) is 0. The number of pyridine rings is 1. The second kappa shape index (κ2) is 9.77. The Labute approximate surface area is 198 Å². The summed E-state index contributed by atoms with van der Waals surface area (Å²) in [6.45, 7) is 3.23. The number of para-hydroxylation sites is 1. The van der Waals surface area contributed by atoms with E-state index in [0.717, 1.165) is 28.6 Å². The molecule has 5 nitrogen and oxygen atoms in total. The lowest BCUT2D eigenvalue weighted by atomic mass is 9.88. The Morgan fingerprint density at radius 1 is 1.00 bits per heavy atom. The van der Waals surface area contributed by atoms with Crippen molar-refractivity contribution >= 4 is 28.4 Å². The fourth-order valence-corrected chi connectivity index (χ4v) is 4.69. The van der Waals surface area contributed by atoms with Crippen molar-refractivity contribution in [2.45, 2.75) is 18.9 Å². The fourth-order valence-electron chi connectivity index (χ4n) is 4.58. The van der Waals surface area contributed by atoms with Gasteiger partial charge in [0.1, 0.15) is 5.15 Å². The van der Waals surface area contributed by atoms with Gasteiger partial charge in [-0.05, 0) is 28.8 Å². The summed E-state index contributed by atoms with van der Waals surface area (Å²) in [5, 5.41) is 1.60. The summed E-state index contributed by atoms with van der Waals surface area (Å²) >= 11 is 6.08. The zero-order valence-electron chi connectivity index (χ0n) is 18.4. The highest BCUT2D eigenvalue weighted by molar-refractivity contribution is 6.29. The number of hydrogen-bond acceptors (Lipinski definition) is 3. The summed E-state index contributed by atoms with van der Waals surface area (Å²) in [4.78, 5) is 19.5. The Morgan fingerprint density at radius 2 is 1.76 bits per heavy atom. The minimum Gasteiger partial charge on any atom is -0.378 e. The average Bonchev–Trinajstić information content (AvgIpc) is 3.22. The summed E-state index contributed by atoms with van der Waals surface area (Å²) in [6, 6.07) is 22.6. The molecule has 0 aliphatic carbocycles. The number of nitrogens with zero attached hydrogens (tertiary/aromatic N) is 3. The quantitative estimate of drug-likeness (QED) is 0.376. The first kappa shape index (κ1) is 21.7. The molecule has 2 aromatic heterocycles. The summed E-state index contributed by atoms with van der Waals surface area (Å²) in [5.41, 5.74) is 4.51. The molecule has 0 unspecified atom stereocenters. The van der Waals surface area contributed by atoms with Crippen LogP contribution in [0.1, 0.15) is 29.0 Å². The maximum Gasteiger partial charge on any atom is 0.223 e. The van der Waals surface area contributed by atoms with Crippen molar-refractivity contribution in [1.29, 1.82) is 0 Å². The van der Waals surface area contributed by atoms with Gasteiger partial charge in [-0.25, -0.2) is 4.98 Å². The summed E-state index contributed by atoms with van der Waals surface area (Å²) < 4.78 is 7.71. The summed E-state index contributed by atoms with van der Waals surface area (Å²) in [5.74, 6) is 0.0187. The molecule has 0 bridgehead atoms. The highest BCUT2D eigenvalue weighted by atomic mass is 35.5. The number of rotatable bonds is 6. The van der Waals surface area contributed by atoms with Crippen LogP contribution in [0.2, 0.25) is 5.15 Å². The summed E-state index contributed by atoms with van der Waals surface area (Å²) in [6.07, 6.45) is 4.37. The van der Waals surface area contributed by atoms with Crippen LogP contribution in [-0.4, -0.2) is 46.7 Å². The van der Waals surface area contributed by atoms with Gasteiger partial charge in [0.2, 0.25) is 5.91 Å². The Hall–Kier alpha value is -3.15. The van der Waals surface area contributed by atoms with E-state index < -0.39 is 0 Å². The van der Waals surface area contributed by atoms with Gasteiger partial charge in [-0.2, -0.15) is 0 Å². The van der Waals surface area contributed by atoms with Crippen molar-refractivity contribution < 1.29 is 9.53 Å². The molecule has 33 heavy (non-hydrogen) atoms. The minimum absolute atomic E-state index is 0.118. The van der Waals surface area contributed by atoms with E-state index in [0.29, 0.717) is 37.9 Å². The SMILES string of the molecule is O=C(C[C@H](c1ccc(Cl)nc1)c1cn(Cc2ccccc2)c2ccccc12)N1CCOCC1. The molecule has 0 saturated carbocycles. The highest BCUT2D eigenvalue weighted by Crippen LogP contribution is 2.35. The smallest absolute Gasteiger partial charge is 0.223 e. The van der Waals surface area contributed by atoms with Crippen LogP contribution in [0.5, 0.6) is 0 Å². The molecule has 0 spiro atoms. The van der Waals surface area contributed by atoms with Gasteiger partial charge >= 0.3 is 0 Å². The monoisotopic (exact) mass is 459 g/mol. The topological polar surface area (TPSA) is 47.4 Å². The Balaban J connectivity index is 1.56. The van der Waals surface area contributed by atoms with E-state index in [2.05, 4.69) is 64.3 Å². The van der Waals surface area contributed by atoms with E-state index in [1.165, 1.54) is 5.56 Å². The van der Waals surface area contributed by atoms with Gasteiger partial charge in [-0.1, -0.05) is 66.2 Å². The number of carbonyl (C=O) groups excluding carboxylic acids is 1. The van der Waals surface area contributed by atoms with Crippen molar-refractivity contribution in [3.05, 3.63) is 101 Å². The molecule has 0 radical (unpaired) electrons. The zero-order valence-corrected chi connectivity index (χ0v) is 19.1. The number of carbonyl (C=O) groups is 1. The van der Waals surface area contributed by atoms with Crippen LogP contribution < -0.4 is 0 Å². The molecule has 2 aromatic carbocycles. The van der Waals surface area contributed by atoms with Crippen molar-refractivity contribution in [2.75, 3.05) is 26.3 Å². The van der Waals surface area contributed by atoms with E-state index >= 15 is 0 Å². The van der Waals surface area contributed by atoms with Gasteiger partial charge in [-0.15, -0.1) is 0 Å². The Morgan fingerprint density at radius 3 is 2.52 bits per heavy atom. The number of fused-ring (bicyclic) bond motifs is 1. The third-order valence-electron chi connectivity index (χ3n) is 6.29. The fraction of sp³-hybridized carbons (Fsp3) is 0.259. The Kier molecular flexibility index (Phi) is 6.42. The molecule has 0 N–H and O–H groups in total. The van der Waals surface area contributed by atoms with Crippen molar-refractivity contribution in [2.24, 2.45) is 0 Å². The van der Waals surface area contributed by atoms with E-state index in [1.54, 1.807) is 12.3 Å². The molecule has 1 fully saturated rings. The summed E-state index contributed by atoms with van der Waals surface area (Å²) in [7, 11) is 0. The van der Waals surface area contributed by atoms with E-state index in [1.807, 2.05) is 17.0 Å². The highest BCUT2D eigenvalue weighted by Gasteiger charge is 2.26. The van der Waals surface area contributed by atoms with Crippen LogP contribution in [-0.2, 0) is 16.1 Å². The first-order valence-corrected chi connectivity index (χ1v) is 11.7. The zero-order chi connectivity index (χ0) is 22.6. The Bertz CT molecular complexity index is 1230. The molecule has 6 heteroatoms. The maximum atomic E-state index is 13.3. The van der Waals surface area contributed by atoms with Crippen LogP contribution in [0, 0.1) is 0 Å². The van der Waals surface area contributed by atoms with Gasteiger partial charge < -0.3 is 14.2 Å². The lowest BCUT2D eigenvalue weighted by Crippen LogP contribution is -2.41. The van der Waals surface area contributed by atoms with Gasteiger partial charge in [0, 0.05) is 55.3 Å². The van der Waals surface area contributed by atoms with Crippen LogP contribution in [0.25, 0.3) is 10.9 Å². The van der Waals surface area contributed by atoms with Gasteiger partial charge in [0.15, 0.2) is 0 Å². The predicted octanol–water partition coefficient (Wildman–Crippen LogP) is 5.12. The normalized spacial score (nSPS) is 15.0. The van der Waals surface area contributed by atoms with Crippen LogP contribution in [0.15, 0.2) is 79.1 Å². The van der Waals surface area contributed by atoms with Gasteiger partial charge in [0.25, 0.3) is 0 Å². The van der Waals surface area contributed by atoms with E-state index in [9.17, 15) is 4.79 Å². The second-order valence-electron chi connectivity index (χ2n) is 8.38. The maximum absolute atomic E-state index is 13.3. The standard InChI is InChI=1S/C27H26ClN3O2/c28-26-11-10-21(17-29-26)23(16-27(32)30-12-14-33-15-13-30)24-19-31(18-20-6-2-1-3-7-20)25-9-5-4-8-22(24)25/h1-11,17,19,23H,12-16,18H2/t23-/m1/s1. The van der Waals surface area contributed by atoms with Gasteiger partial charge in [0.05, 0.1) is 13.2 Å². The van der Waals surface area contributed by atoms with Crippen molar-refractivity contribution in [3.63, 3.8) is 0 Å². The first-order valence-electron chi connectivity index (χ1n) is 11.3. The van der Waals surface area contributed by atoms with Crippen LogP contribution >= 0.6 is 11.6 Å². The molecular weight excluding hydrogens is 434 g/mol. The number of halogens is 1. The lowest BCUT2D eigenvalue weighted by Gasteiger charge is -2.28. The first-order chi connectivity index (χ1) is 16.2. The number of morpholine rings is 1. The minimum atomic E-state index is -0.118. The third-order valence-corrected chi connectivity index (χ3v) is 6.51.